The smallest absolute Gasteiger partial charge is 0.239 e. The first kappa shape index (κ1) is 10.6. The summed E-state index contributed by atoms with van der Waals surface area (Å²) in [5.41, 5.74) is 0. The Morgan fingerprint density at radius 1 is 1.73 bits per heavy atom. The summed E-state index contributed by atoms with van der Waals surface area (Å²) in [5.74, 6) is 0.231. The molecule has 1 atom stereocenters. The molecular formula is C10H15N3OS. The Kier molecular flexibility index (Phi) is 3.33. The predicted molar refractivity (Wildman–Crippen MR) is 59.9 cm³/mol. The molecule has 82 valence electrons. The van der Waals surface area contributed by atoms with Crippen molar-refractivity contribution < 1.29 is 4.79 Å². The second-order valence-electron chi connectivity index (χ2n) is 3.63. The molecule has 1 saturated heterocycles. The van der Waals surface area contributed by atoms with Crippen LogP contribution >= 0.6 is 11.3 Å². The van der Waals surface area contributed by atoms with Crippen LogP contribution in [0.4, 0.5) is 0 Å². The molecule has 4 nitrogen and oxygen atoms in total. The Labute approximate surface area is 93.3 Å². The minimum atomic E-state index is 0.0290. The van der Waals surface area contributed by atoms with E-state index in [-0.39, 0.29) is 11.9 Å². The van der Waals surface area contributed by atoms with Gasteiger partial charge in [-0.15, -0.1) is 11.3 Å². The summed E-state index contributed by atoms with van der Waals surface area (Å²) in [4.78, 5) is 17.9. The lowest BCUT2D eigenvalue weighted by atomic mass is 10.3. The second kappa shape index (κ2) is 4.72. The molecule has 1 aliphatic heterocycles. The van der Waals surface area contributed by atoms with Crippen molar-refractivity contribution in [2.75, 3.05) is 20.1 Å². The number of carbonyl (C=O) groups is 1. The molecule has 5 heteroatoms. The molecule has 1 unspecified atom stereocenters. The maximum Gasteiger partial charge on any atom is 0.239 e. The molecule has 0 saturated carbocycles. The average Bonchev–Trinajstić information content (AvgIpc) is 2.85. The van der Waals surface area contributed by atoms with Crippen molar-refractivity contribution in [2.24, 2.45) is 0 Å². The molecule has 1 N–H and O–H groups in total. The van der Waals surface area contributed by atoms with E-state index in [1.54, 1.807) is 11.3 Å². The molecule has 15 heavy (non-hydrogen) atoms. The van der Waals surface area contributed by atoms with Gasteiger partial charge in [0.25, 0.3) is 0 Å². The lowest BCUT2D eigenvalue weighted by Gasteiger charge is -2.15. The first-order valence-electron chi connectivity index (χ1n) is 5.15. The quantitative estimate of drug-likeness (QED) is 0.812. The van der Waals surface area contributed by atoms with Gasteiger partial charge in [-0.2, -0.15) is 0 Å². The molecule has 0 spiro atoms. The number of thiazole rings is 1. The molecule has 1 amide bonds. The Balaban J connectivity index is 1.84. The fourth-order valence-electron chi connectivity index (χ4n) is 1.84. The average molecular weight is 225 g/mol. The van der Waals surface area contributed by atoms with Gasteiger partial charge >= 0.3 is 0 Å². The van der Waals surface area contributed by atoms with Gasteiger partial charge in [-0.05, 0) is 13.5 Å². The maximum atomic E-state index is 11.7. The molecule has 1 aromatic heterocycles. The molecule has 0 bridgehead atoms. The third kappa shape index (κ3) is 2.35. The van der Waals surface area contributed by atoms with Crippen LogP contribution in [0.25, 0.3) is 0 Å². The molecule has 2 rings (SSSR count). The SMILES string of the molecule is CNC1CCN(CCc2nccs2)C1=O. The van der Waals surface area contributed by atoms with Crippen molar-refractivity contribution >= 4 is 17.2 Å². The third-order valence-corrected chi connectivity index (χ3v) is 3.56. The van der Waals surface area contributed by atoms with Gasteiger partial charge in [0.05, 0.1) is 11.0 Å². The topological polar surface area (TPSA) is 45.2 Å². The van der Waals surface area contributed by atoms with E-state index in [0.29, 0.717) is 0 Å². The van der Waals surface area contributed by atoms with E-state index in [2.05, 4.69) is 10.3 Å². The Morgan fingerprint density at radius 2 is 2.60 bits per heavy atom. The first-order chi connectivity index (χ1) is 7.31. The Hall–Kier alpha value is -0.940. The zero-order chi connectivity index (χ0) is 10.7. The highest BCUT2D eigenvalue weighted by molar-refractivity contribution is 7.09. The molecule has 1 aromatic rings. The van der Waals surface area contributed by atoms with Gasteiger partial charge < -0.3 is 10.2 Å². The van der Waals surface area contributed by atoms with E-state index < -0.39 is 0 Å². The van der Waals surface area contributed by atoms with Crippen LogP contribution in [0.3, 0.4) is 0 Å². The van der Waals surface area contributed by atoms with Gasteiger partial charge in [-0.3, -0.25) is 4.79 Å². The van der Waals surface area contributed by atoms with Crippen LogP contribution in [-0.4, -0.2) is 42.0 Å². The van der Waals surface area contributed by atoms with Gasteiger partial charge in [-0.25, -0.2) is 4.98 Å². The lowest BCUT2D eigenvalue weighted by molar-refractivity contribution is -0.129. The van der Waals surface area contributed by atoms with Crippen LogP contribution in [0.5, 0.6) is 0 Å². The number of likely N-dealkylation sites (tertiary alicyclic amines) is 1. The molecule has 1 aliphatic rings. The highest BCUT2D eigenvalue weighted by Gasteiger charge is 2.29. The number of aromatic nitrogens is 1. The second-order valence-corrected chi connectivity index (χ2v) is 4.61. The normalized spacial score (nSPS) is 21.3. The number of hydrogen-bond acceptors (Lipinski definition) is 4. The van der Waals surface area contributed by atoms with Crippen LogP contribution in [0, 0.1) is 0 Å². The van der Waals surface area contributed by atoms with Crippen LogP contribution in [0.1, 0.15) is 11.4 Å². The minimum absolute atomic E-state index is 0.0290. The summed E-state index contributed by atoms with van der Waals surface area (Å²) >= 11 is 1.65. The van der Waals surface area contributed by atoms with Crippen molar-refractivity contribution in [3.05, 3.63) is 16.6 Å². The summed E-state index contributed by atoms with van der Waals surface area (Å²) in [6.07, 6.45) is 3.61. The molecule has 2 heterocycles. The molecule has 1 fully saturated rings. The van der Waals surface area contributed by atoms with Gasteiger partial charge in [-0.1, -0.05) is 0 Å². The van der Waals surface area contributed by atoms with Crippen LogP contribution in [-0.2, 0) is 11.2 Å². The fourth-order valence-corrected chi connectivity index (χ4v) is 2.45. The summed E-state index contributed by atoms with van der Waals surface area (Å²) in [6, 6.07) is 0.0290. The van der Waals surface area contributed by atoms with E-state index in [4.69, 9.17) is 0 Å². The van der Waals surface area contributed by atoms with Crippen molar-refractivity contribution in [2.45, 2.75) is 18.9 Å². The van der Waals surface area contributed by atoms with E-state index in [0.717, 1.165) is 30.9 Å². The monoisotopic (exact) mass is 225 g/mol. The standard InChI is InChI=1S/C10H15N3OS/c1-11-8-2-5-13(10(8)14)6-3-9-12-4-7-15-9/h4,7-8,11H,2-3,5-6H2,1H3. The minimum Gasteiger partial charge on any atom is -0.341 e. The summed E-state index contributed by atoms with van der Waals surface area (Å²) in [7, 11) is 1.84. The van der Waals surface area contributed by atoms with E-state index in [1.165, 1.54) is 0 Å². The predicted octanol–water partition coefficient (Wildman–Crippen LogP) is 0.506. The highest BCUT2D eigenvalue weighted by Crippen LogP contribution is 2.12. The van der Waals surface area contributed by atoms with Crippen LogP contribution < -0.4 is 5.32 Å². The maximum absolute atomic E-state index is 11.7. The van der Waals surface area contributed by atoms with Gasteiger partial charge in [0.2, 0.25) is 5.91 Å². The van der Waals surface area contributed by atoms with Crippen molar-refractivity contribution in [1.29, 1.82) is 0 Å². The number of nitrogens with zero attached hydrogens (tertiary/aromatic N) is 2. The number of hydrogen-bond donors (Lipinski definition) is 1. The number of rotatable bonds is 4. The number of amides is 1. The Bertz CT molecular complexity index is 325. The fraction of sp³-hybridized carbons (Fsp3) is 0.600. The van der Waals surface area contributed by atoms with E-state index >= 15 is 0 Å². The largest absolute Gasteiger partial charge is 0.341 e. The van der Waals surface area contributed by atoms with Crippen LogP contribution in [0.15, 0.2) is 11.6 Å². The highest BCUT2D eigenvalue weighted by atomic mass is 32.1. The van der Waals surface area contributed by atoms with Crippen LogP contribution in [0.2, 0.25) is 0 Å². The number of likely N-dealkylation sites (N-methyl/N-ethyl adjacent to an activating group) is 1. The third-order valence-electron chi connectivity index (χ3n) is 2.72. The molecule has 0 aliphatic carbocycles. The van der Waals surface area contributed by atoms with Crippen molar-refractivity contribution in [3.63, 3.8) is 0 Å². The van der Waals surface area contributed by atoms with Gasteiger partial charge in [0.1, 0.15) is 0 Å². The first-order valence-corrected chi connectivity index (χ1v) is 6.03. The van der Waals surface area contributed by atoms with Crippen molar-refractivity contribution in [1.82, 2.24) is 15.2 Å². The zero-order valence-corrected chi connectivity index (χ0v) is 9.59. The summed E-state index contributed by atoms with van der Waals surface area (Å²) in [6.45, 7) is 1.67. The lowest BCUT2D eigenvalue weighted by Crippen LogP contribution is -2.37. The van der Waals surface area contributed by atoms with E-state index in [1.807, 2.05) is 23.5 Å². The number of nitrogens with one attached hydrogen (secondary N) is 1. The van der Waals surface area contributed by atoms with Gasteiger partial charge in [0.15, 0.2) is 0 Å². The van der Waals surface area contributed by atoms with Gasteiger partial charge in [0, 0.05) is 31.1 Å². The molecular weight excluding hydrogens is 210 g/mol. The van der Waals surface area contributed by atoms with Crippen molar-refractivity contribution in [3.8, 4) is 0 Å². The van der Waals surface area contributed by atoms with E-state index in [9.17, 15) is 4.79 Å². The Morgan fingerprint density at radius 3 is 3.20 bits per heavy atom. The zero-order valence-electron chi connectivity index (χ0n) is 8.77. The molecule has 0 radical (unpaired) electrons. The molecule has 0 aromatic carbocycles. The summed E-state index contributed by atoms with van der Waals surface area (Å²) in [5, 5.41) is 6.11. The number of carbonyl (C=O) groups excluding carboxylic acids is 1. The summed E-state index contributed by atoms with van der Waals surface area (Å²) < 4.78 is 0.